The van der Waals surface area contributed by atoms with E-state index in [0.29, 0.717) is 12.2 Å². The number of ether oxygens (including phenoxy) is 2. The van der Waals surface area contributed by atoms with Crippen molar-refractivity contribution in [3.8, 4) is 0 Å². The number of hydrogen-bond acceptors (Lipinski definition) is 3. The third-order valence-corrected chi connectivity index (χ3v) is 3.46. The van der Waals surface area contributed by atoms with Gasteiger partial charge in [0, 0.05) is 30.2 Å². The van der Waals surface area contributed by atoms with Crippen LogP contribution < -0.4 is 5.32 Å². The highest BCUT2D eigenvalue weighted by Crippen LogP contribution is 2.28. The van der Waals surface area contributed by atoms with Crippen molar-refractivity contribution in [3.63, 3.8) is 0 Å². The number of methoxy groups -OCH3 is 1. The highest BCUT2D eigenvalue weighted by atomic mass is 79.9. The van der Waals surface area contributed by atoms with Gasteiger partial charge in [0.25, 0.3) is 0 Å². The Labute approximate surface area is 108 Å². The lowest BCUT2D eigenvalue weighted by Gasteiger charge is -2.24. The van der Waals surface area contributed by atoms with Gasteiger partial charge in [0.1, 0.15) is 5.82 Å². The first kappa shape index (κ1) is 13.0. The molecule has 5 heteroatoms. The minimum atomic E-state index is -0.259. The first-order chi connectivity index (χ1) is 8.22. The minimum absolute atomic E-state index is 0.0776. The van der Waals surface area contributed by atoms with Gasteiger partial charge in [0.2, 0.25) is 0 Å². The predicted octanol–water partition coefficient (Wildman–Crippen LogP) is 2.40. The summed E-state index contributed by atoms with van der Waals surface area (Å²) in [5.41, 5.74) is 1.39. The molecule has 0 saturated carbocycles. The van der Waals surface area contributed by atoms with Gasteiger partial charge in [-0.05, 0) is 17.7 Å². The lowest BCUT2D eigenvalue weighted by atomic mass is 10.1. The van der Waals surface area contributed by atoms with E-state index in [1.807, 2.05) is 6.07 Å². The van der Waals surface area contributed by atoms with Gasteiger partial charge in [-0.25, -0.2) is 4.39 Å². The molecule has 17 heavy (non-hydrogen) atoms. The highest BCUT2D eigenvalue weighted by molar-refractivity contribution is 9.10. The molecule has 0 radical (unpaired) electrons. The van der Waals surface area contributed by atoms with Crippen molar-refractivity contribution >= 4 is 15.9 Å². The van der Waals surface area contributed by atoms with E-state index in [0.717, 1.165) is 23.1 Å². The third-order valence-electron chi connectivity index (χ3n) is 2.75. The standard InChI is InChI=1S/C12H15BrFNO2/c1-16-7-9-10(13)4-8(5-11(9)14)12-6-15-2-3-17-12/h4-5,12,15H,2-3,6-7H2,1H3. The molecule has 0 aromatic heterocycles. The monoisotopic (exact) mass is 303 g/mol. The Bertz CT molecular complexity index is 371. The Morgan fingerprint density at radius 3 is 3.00 bits per heavy atom. The highest BCUT2D eigenvalue weighted by Gasteiger charge is 2.18. The molecule has 1 atom stereocenters. The van der Waals surface area contributed by atoms with Crippen molar-refractivity contribution in [3.05, 3.63) is 33.5 Å². The molecule has 1 N–H and O–H groups in total. The normalized spacial score (nSPS) is 20.5. The average molecular weight is 304 g/mol. The van der Waals surface area contributed by atoms with Crippen molar-refractivity contribution in [1.29, 1.82) is 0 Å². The topological polar surface area (TPSA) is 30.5 Å². The van der Waals surface area contributed by atoms with Crippen LogP contribution in [0.15, 0.2) is 16.6 Å². The summed E-state index contributed by atoms with van der Waals surface area (Å²) < 4.78 is 25.1. The van der Waals surface area contributed by atoms with Gasteiger partial charge in [-0.15, -0.1) is 0 Å². The van der Waals surface area contributed by atoms with Crippen LogP contribution in [-0.2, 0) is 16.1 Å². The van der Waals surface area contributed by atoms with E-state index in [9.17, 15) is 4.39 Å². The molecule has 0 amide bonds. The molecule has 1 aliphatic heterocycles. The largest absolute Gasteiger partial charge is 0.380 e. The summed E-state index contributed by atoms with van der Waals surface area (Å²) in [6, 6.07) is 3.42. The predicted molar refractivity (Wildman–Crippen MR) is 66.4 cm³/mol. The summed E-state index contributed by atoms with van der Waals surface area (Å²) in [5.74, 6) is -0.259. The average Bonchev–Trinajstić information content (AvgIpc) is 2.35. The number of benzene rings is 1. The zero-order valence-electron chi connectivity index (χ0n) is 9.63. The van der Waals surface area contributed by atoms with Crippen LogP contribution in [0.25, 0.3) is 0 Å². The zero-order valence-corrected chi connectivity index (χ0v) is 11.2. The summed E-state index contributed by atoms with van der Waals surface area (Å²) in [5, 5.41) is 3.22. The van der Waals surface area contributed by atoms with Crippen LogP contribution in [0, 0.1) is 5.82 Å². The third kappa shape index (κ3) is 3.04. The van der Waals surface area contributed by atoms with E-state index >= 15 is 0 Å². The SMILES string of the molecule is COCc1c(F)cc(C2CNCCO2)cc1Br. The Balaban J connectivity index is 2.24. The van der Waals surface area contributed by atoms with Crippen LogP contribution in [0.4, 0.5) is 4.39 Å². The number of rotatable bonds is 3. The summed E-state index contributed by atoms with van der Waals surface area (Å²) in [6.45, 7) is 2.48. The van der Waals surface area contributed by atoms with Gasteiger partial charge in [-0.2, -0.15) is 0 Å². The van der Waals surface area contributed by atoms with Crippen molar-refractivity contribution in [2.24, 2.45) is 0 Å². The van der Waals surface area contributed by atoms with E-state index < -0.39 is 0 Å². The maximum atomic E-state index is 13.9. The Hall–Kier alpha value is -0.490. The van der Waals surface area contributed by atoms with E-state index in [1.54, 1.807) is 7.11 Å². The fraction of sp³-hybridized carbons (Fsp3) is 0.500. The maximum Gasteiger partial charge on any atom is 0.130 e. The number of morpholine rings is 1. The van der Waals surface area contributed by atoms with Crippen LogP contribution in [0.5, 0.6) is 0 Å². The van der Waals surface area contributed by atoms with E-state index in [1.165, 1.54) is 6.07 Å². The summed E-state index contributed by atoms with van der Waals surface area (Å²) in [7, 11) is 1.55. The minimum Gasteiger partial charge on any atom is -0.380 e. The summed E-state index contributed by atoms with van der Waals surface area (Å²) in [4.78, 5) is 0. The first-order valence-corrected chi connectivity index (χ1v) is 6.30. The van der Waals surface area contributed by atoms with Crippen LogP contribution in [0.2, 0.25) is 0 Å². The van der Waals surface area contributed by atoms with Crippen molar-refractivity contribution < 1.29 is 13.9 Å². The molecular weight excluding hydrogens is 289 g/mol. The molecule has 1 unspecified atom stereocenters. The molecule has 94 valence electrons. The molecule has 3 nitrogen and oxygen atoms in total. The van der Waals surface area contributed by atoms with Crippen molar-refractivity contribution in [2.75, 3.05) is 26.8 Å². The molecule has 1 fully saturated rings. The fourth-order valence-electron chi connectivity index (χ4n) is 1.87. The molecule has 1 saturated heterocycles. The molecule has 0 bridgehead atoms. The lowest BCUT2D eigenvalue weighted by molar-refractivity contribution is 0.0274. The van der Waals surface area contributed by atoms with Crippen LogP contribution in [-0.4, -0.2) is 26.8 Å². The van der Waals surface area contributed by atoms with Gasteiger partial charge < -0.3 is 14.8 Å². The fourth-order valence-corrected chi connectivity index (χ4v) is 2.44. The Morgan fingerprint density at radius 2 is 2.41 bits per heavy atom. The Kier molecular flexibility index (Phi) is 4.50. The lowest BCUT2D eigenvalue weighted by Crippen LogP contribution is -2.33. The summed E-state index contributed by atoms with van der Waals surface area (Å²) in [6.07, 6.45) is -0.0776. The van der Waals surface area contributed by atoms with Gasteiger partial charge in [0.15, 0.2) is 0 Å². The number of hydrogen-bond donors (Lipinski definition) is 1. The Morgan fingerprint density at radius 1 is 1.59 bits per heavy atom. The molecule has 0 spiro atoms. The van der Waals surface area contributed by atoms with Gasteiger partial charge in [0.05, 0.1) is 19.3 Å². The quantitative estimate of drug-likeness (QED) is 0.930. The summed E-state index contributed by atoms with van der Waals surface area (Å²) >= 11 is 3.37. The molecule has 1 aromatic carbocycles. The van der Waals surface area contributed by atoms with Crippen LogP contribution >= 0.6 is 15.9 Å². The maximum absolute atomic E-state index is 13.9. The van der Waals surface area contributed by atoms with Crippen molar-refractivity contribution in [1.82, 2.24) is 5.32 Å². The van der Waals surface area contributed by atoms with Crippen LogP contribution in [0.3, 0.4) is 0 Å². The second-order valence-corrected chi connectivity index (χ2v) is 4.81. The molecule has 1 heterocycles. The molecular formula is C12H15BrFNO2. The van der Waals surface area contributed by atoms with Gasteiger partial charge in [-0.3, -0.25) is 0 Å². The smallest absolute Gasteiger partial charge is 0.130 e. The van der Waals surface area contributed by atoms with E-state index in [4.69, 9.17) is 9.47 Å². The number of nitrogens with one attached hydrogen (secondary N) is 1. The van der Waals surface area contributed by atoms with Crippen LogP contribution in [0.1, 0.15) is 17.2 Å². The second-order valence-electron chi connectivity index (χ2n) is 3.96. The zero-order chi connectivity index (χ0) is 12.3. The van der Waals surface area contributed by atoms with Crippen molar-refractivity contribution in [2.45, 2.75) is 12.7 Å². The molecule has 1 aliphatic rings. The first-order valence-electron chi connectivity index (χ1n) is 5.51. The number of halogens is 2. The molecule has 0 aliphatic carbocycles. The molecule has 2 rings (SSSR count). The van der Waals surface area contributed by atoms with Gasteiger partial charge >= 0.3 is 0 Å². The molecule has 1 aromatic rings. The van der Waals surface area contributed by atoms with Gasteiger partial charge in [-0.1, -0.05) is 15.9 Å². The second kappa shape index (κ2) is 5.91. The van der Waals surface area contributed by atoms with E-state index in [2.05, 4.69) is 21.2 Å². The van der Waals surface area contributed by atoms with E-state index in [-0.39, 0.29) is 18.5 Å².